The molecule has 1 rings (SSSR count). The van der Waals surface area contributed by atoms with Crippen LogP contribution in [0.15, 0.2) is 31.1 Å². The Bertz CT molecular complexity index is 370. The van der Waals surface area contributed by atoms with Gasteiger partial charge in [-0.25, -0.2) is 4.57 Å². The van der Waals surface area contributed by atoms with Gasteiger partial charge in [-0.3, -0.25) is 4.79 Å². The molecule has 1 aromatic heterocycles. The van der Waals surface area contributed by atoms with Crippen LogP contribution in [0.2, 0.25) is 0 Å². The average Bonchev–Trinajstić information content (AvgIpc) is 2.38. The molecule has 0 N–H and O–H groups in total. The SMILES string of the molecule is C=Cc1cc[n+](CCOC(=O)C(C)CC)cc1. The van der Waals surface area contributed by atoms with Crippen LogP contribution >= 0.6 is 0 Å². The zero-order chi connectivity index (χ0) is 12.7. The Labute approximate surface area is 103 Å². The molecule has 0 aliphatic rings. The first-order chi connectivity index (χ1) is 8.17. The number of rotatable bonds is 6. The minimum atomic E-state index is -0.115. The fourth-order valence-corrected chi connectivity index (χ4v) is 1.31. The Hall–Kier alpha value is -1.64. The van der Waals surface area contributed by atoms with E-state index in [-0.39, 0.29) is 11.9 Å². The van der Waals surface area contributed by atoms with Crippen molar-refractivity contribution in [2.24, 2.45) is 5.92 Å². The standard InChI is InChI=1S/C14H20NO2/c1-4-12(3)14(16)17-11-10-15-8-6-13(5-2)7-9-15/h5-9,12H,2,4,10-11H2,1,3H3/q+1. The molecule has 92 valence electrons. The molecule has 0 radical (unpaired) electrons. The second-order valence-electron chi connectivity index (χ2n) is 4.05. The van der Waals surface area contributed by atoms with Crippen LogP contribution in [0.5, 0.6) is 0 Å². The first kappa shape index (κ1) is 13.4. The molecule has 0 bridgehead atoms. The van der Waals surface area contributed by atoms with Gasteiger partial charge in [-0.1, -0.05) is 26.5 Å². The molecule has 3 heteroatoms. The normalized spacial score (nSPS) is 11.9. The summed E-state index contributed by atoms with van der Waals surface area (Å²) < 4.78 is 7.16. The summed E-state index contributed by atoms with van der Waals surface area (Å²) in [5.41, 5.74) is 1.08. The van der Waals surface area contributed by atoms with Crippen LogP contribution in [-0.2, 0) is 16.1 Å². The summed E-state index contributed by atoms with van der Waals surface area (Å²) in [5.74, 6) is -0.126. The predicted molar refractivity (Wildman–Crippen MR) is 67.1 cm³/mol. The van der Waals surface area contributed by atoms with Crippen molar-refractivity contribution in [3.8, 4) is 0 Å². The number of hydrogen-bond acceptors (Lipinski definition) is 2. The van der Waals surface area contributed by atoms with Gasteiger partial charge in [-0.2, -0.15) is 0 Å². The van der Waals surface area contributed by atoms with Crippen LogP contribution in [0.4, 0.5) is 0 Å². The molecule has 1 unspecified atom stereocenters. The molecule has 1 atom stereocenters. The van der Waals surface area contributed by atoms with Gasteiger partial charge in [0.2, 0.25) is 0 Å². The highest BCUT2D eigenvalue weighted by molar-refractivity contribution is 5.71. The molecule has 17 heavy (non-hydrogen) atoms. The van der Waals surface area contributed by atoms with Gasteiger partial charge >= 0.3 is 5.97 Å². The second kappa shape index (κ2) is 6.84. The molecule has 3 nitrogen and oxygen atoms in total. The highest BCUT2D eigenvalue weighted by Crippen LogP contribution is 2.02. The van der Waals surface area contributed by atoms with Crippen LogP contribution in [0.3, 0.4) is 0 Å². The maximum absolute atomic E-state index is 11.4. The van der Waals surface area contributed by atoms with Crippen LogP contribution in [0.25, 0.3) is 6.08 Å². The molecule has 0 spiro atoms. The molecule has 0 saturated carbocycles. The van der Waals surface area contributed by atoms with Crippen molar-refractivity contribution in [2.45, 2.75) is 26.8 Å². The molecule has 0 saturated heterocycles. The van der Waals surface area contributed by atoms with Gasteiger partial charge in [0.05, 0.1) is 5.92 Å². The van der Waals surface area contributed by atoms with Crippen molar-refractivity contribution < 1.29 is 14.1 Å². The average molecular weight is 234 g/mol. The number of carbonyl (C=O) groups excluding carboxylic acids is 1. The zero-order valence-electron chi connectivity index (χ0n) is 10.6. The van der Waals surface area contributed by atoms with Crippen LogP contribution in [0, 0.1) is 5.92 Å². The summed E-state index contributed by atoms with van der Waals surface area (Å²) in [5, 5.41) is 0. The predicted octanol–water partition coefficient (Wildman–Crippen LogP) is 2.21. The summed E-state index contributed by atoms with van der Waals surface area (Å²) in [6, 6.07) is 3.95. The van der Waals surface area contributed by atoms with Gasteiger partial charge in [-0.15, -0.1) is 0 Å². The Morgan fingerprint density at radius 3 is 2.71 bits per heavy atom. The van der Waals surface area contributed by atoms with E-state index >= 15 is 0 Å². The van der Waals surface area contributed by atoms with Gasteiger partial charge in [0.25, 0.3) is 0 Å². The van der Waals surface area contributed by atoms with Gasteiger partial charge in [0.1, 0.15) is 0 Å². The van der Waals surface area contributed by atoms with E-state index in [1.807, 2.05) is 42.9 Å². The van der Waals surface area contributed by atoms with E-state index in [4.69, 9.17) is 4.74 Å². The fourth-order valence-electron chi connectivity index (χ4n) is 1.31. The fraction of sp³-hybridized carbons (Fsp3) is 0.429. The zero-order valence-corrected chi connectivity index (χ0v) is 10.6. The van der Waals surface area contributed by atoms with E-state index in [0.717, 1.165) is 12.0 Å². The third kappa shape index (κ3) is 4.39. The maximum Gasteiger partial charge on any atom is 0.308 e. The van der Waals surface area contributed by atoms with Crippen LogP contribution in [0.1, 0.15) is 25.8 Å². The highest BCUT2D eigenvalue weighted by Gasteiger charge is 2.12. The number of pyridine rings is 1. The van der Waals surface area contributed by atoms with Gasteiger partial charge in [0.15, 0.2) is 25.5 Å². The van der Waals surface area contributed by atoms with Crippen LogP contribution < -0.4 is 4.57 Å². The molecule has 1 aromatic rings. The molecule has 0 aliphatic carbocycles. The van der Waals surface area contributed by atoms with Gasteiger partial charge < -0.3 is 4.74 Å². The van der Waals surface area contributed by atoms with Crippen molar-refractivity contribution in [3.05, 3.63) is 36.7 Å². The first-order valence-electron chi connectivity index (χ1n) is 5.95. The van der Waals surface area contributed by atoms with E-state index in [2.05, 4.69) is 6.58 Å². The van der Waals surface area contributed by atoms with E-state index < -0.39 is 0 Å². The monoisotopic (exact) mass is 234 g/mol. The Morgan fingerprint density at radius 2 is 2.18 bits per heavy atom. The van der Waals surface area contributed by atoms with E-state index in [1.165, 1.54) is 0 Å². The second-order valence-corrected chi connectivity index (χ2v) is 4.05. The Morgan fingerprint density at radius 1 is 1.53 bits per heavy atom. The number of hydrogen-bond donors (Lipinski definition) is 0. The smallest absolute Gasteiger partial charge is 0.308 e. The number of ether oxygens (including phenoxy) is 1. The molecule has 0 amide bonds. The van der Waals surface area contributed by atoms with E-state index in [1.54, 1.807) is 6.08 Å². The minimum Gasteiger partial charge on any atom is -0.459 e. The number of aromatic nitrogens is 1. The third-order valence-electron chi connectivity index (χ3n) is 2.76. The lowest BCUT2D eigenvalue weighted by atomic mass is 10.1. The van der Waals surface area contributed by atoms with Crippen molar-refractivity contribution in [2.75, 3.05) is 6.61 Å². The third-order valence-corrected chi connectivity index (χ3v) is 2.76. The lowest BCUT2D eigenvalue weighted by Crippen LogP contribution is -2.35. The van der Waals surface area contributed by atoms with E-state index in [9.17, 15) is 4.79 Å². The molecule has 0 aliphatic heterocycles. The quantitative estimate of drug-likeness (QED) is 0.558. The summed E-state index contributed by atoms with van der Waals surface area (Å²) in [6.07, 6.45) is 6.52. The Kier molecular flexibility index (Phi) is 5.40. The first-order valence-corrected chi connectivity index (χ1v) is 5.95. The number of nitrogens with zero attached hydrogens (tertiary/aromatic N) is 1. The molecular formula is C14H20NO2+. The topological polar surface area (TPSA) is 30.2 Å². The molecule has 0 aromatic carbocycles. The largest absolute Gasteiger partial charge is 0.459 e. The summed E-state index contributed by atoms with van der Waals surface area (Å²) in [7, 11) is 0. The van der Waals surface area contributed by atoms with Gasteiger partial charge in [0, 0.05) is 12.1 Å². The van der Waals surface area contributed by atoms with Crippen molar-refractivity contribution in [1.29, 1.82) is 0 Å². The highest BCUT2D eigenvalue weighted by atomic mass is 16.5. The van der Waals surface area contributed by atoms with Gasteiger partial charge in [-0.05, 0) is 12.0 Å². The summed E-state index contributed by atoms with van der Waals surface area (Å²) in [4.78, 5) is 11.4. The number of carbonyl (C=O) groups is 1. The lowest BCUT2D eigenvalue weighted by molar-refractivity contribution is -0.698. The van der Waals surface area contributed by atoms with Crippen LogP contribution in [-0.4, -0.2) is 12.6 Å². The molecule has 1 heterocycles. The maximum atomic E-state index is 11.4. The van der Waals surface area contributed by atoms with Crippen molar-refractivity contribution in [3.63, 3.8) is 0 Å². The minimum absolute atomic E-state index is 0.0110. The van der Waals surface area contributed by atoms with Crippen molar-refractivity contribution >= 4 is 12.0 Å². The lowest BCUT2D eigenvalue weighted by Gasteiger charge is -2.07. The summed E-state index contributed by atoms with van der Waals surface area (Å²) >= 11 is 0. The molecule has 0 fully saturated rings. The number of esters is 1. The van der Waals surface area contributed by atoms with Crippen molar-refractivity contribution in [1.82, 2.24) is 0 Å². The summed E-state index contributed by atoms with van der Waals surface area (Å²) in [6.45, 7) is 8.66. The Balaban J connectivity index is 2.35. The molecular weight excluding hydrogens is 214 g/mol. The van der Waals surface area contributed by atoms with E-state index in [0.29, 0.717) is 13.2 Å².